The molecule has 0 spiro atoms. The molecule has 2 aromatic heterocycles. The zero-order valence-electron chi connectivity index (χ0n) is 13.6. The van der Waals surface area contributed by atoms with Crippen molar-refractivity contribution in [1.29, 1.82) is 0 Å². The van der Waals surface area contributed by atoms with E-state index in [4.69, 9.17) is 0 Å². The maximum absolute atomic E-state index is 9.43. The summed E-state index contributed by atoms with van der Waals surface area (Å²) >= 11 is 0. The quantitative estimate of drug-likeness (QED) is 0.394. The van der Waals surface area contributed by atoms with E-state index in [9.17, 15) is 5.11 Å². The highest BCUT2D eigenvalue weighted by molar-refractivity contribution is 6.03. The number of phenols is 1. The summed E-state index contributed by atoms with van der Waals surface area (Å²) in [4.78, 5) is 7.66. The number of hydrazone groups is 1. The van der Waals surface area contributed by atoms with E-state index < -0.39 is 0 Å². The predicted molar refractivity (Wildman–Crippen MR) is 97.9 cm³/mol. The van der Waals surface area contributed by atoms with Crippen LogP contribution in [0.4, 0.5) is 5.95 Å². The molecule has 7 nitrogen and oxygen atoms in total. The molecule has 0 aliphatic rings. The predicted octanol–water partition coefficient (Wildman–Crippen LogP) is 3.22. The first-order chi connectivity index (χ1) is 12.2. The van der Waals surface area contributed by atoms with E-state index in [0.29, 0.717) is 11.6 Å². The third-order valence-electron chi connectivity index (χ3n) is 3.94. The molecular formula is C18H16N6O. The second kappa shape index (κ2) is 6.20. The van der Waals surface area contributed by atoms with Gasteiger partial charge >= 0.3 is 0 Å². The molecule has 2 aromatic carbocycles. The zero-order valence-corrected chi connectivity index (χ0v) is 13.6. The van der Waals surface area contributed by atoms with Gasteiger partial charge in [0.05, 0.1) is 6.21 Å². The summed E-state index contributed by atoms with van der Waals surface area (Å²) in [6.45, 7) is 2.12. The second-order valence-corrected chi connectivity index (χ2v) is 5.66. The zero-order chi connectivity index (χ0) is 17.2. The Balaban J connectivity index is 1.61. The molecule has 0 aliphatic carbocycles. The van der Waals surface area contributed by atoms with Gasteiger partial charge in [-0.15, -0.1) is 10.2 Å². The summed E-state index contributed by atoms with van der Waals surface area (Å²) in [5.74, 6) is 0.485. The SMILES string of the molecule is CCc1ccc2[nH]c3nc(N/N=C/c4cccc(O)c4)nnc3c2c1. The summed E-state index contributed by atoms with van der Waals surface area (Å²) in [7, 11) is 0. The van der Waals surface area contributed by atoms with Crippen molar-refractivity contribution in [3.05, 3.63) is 53.6 Å². The van der Waals surface area contributed by atoms with Crippen LogP contribution in [0.3, 0.4) is 0 Å². The van der Waals surface area contributed by atoms with E-state index in [0.717, 1.165) is 28.4 Å². The van der Waals surface area contributed by atoms with Crippen LogP contribution in [0.2, 0.25) is 0 Å². The molecule has 0 unspecified atom stereocenters. The minimum atomic E-state index is 0.188. The van der Waals surface area contributed by atoms with E-state index in [-0.39, 0.29) is 5.75 Å². The van der Waals surface area contributed by atoms with Crippen LogP contribution in [-0.4, -0.2) is 31.5 Å². The maximum Gasteiger partial charge on any atom is 0.265 e. The number of rotatable bonds is 4. The van der Waals surface area contributed by atoms with Crippen LogP contribution in [0, 0.1) is 0 Å². The number of aromatic hydroxyl groups is 1. The lowest BCUT2D eigenvalue weighted by molar-refractivity contribution is 0.475. The highest BCUT2D eigenvalue weighted by Gasteiger charge is 2.09. The van der Waals surface area contributed by atoms with E-state index in [1.54, 1.807) is 24.4 Å². The van der Waals surface area contributed by atoms with Gasteiger partial charge in [0, 0.05) is 10.9 Å². The Hall–Kier alpha value is -3.48. The number of hydrogen-bond donors (Lipinski definition) is 3. The van der Waals surface area contributed by atoms with Gasteiger partial charge in [0.15, 0.2) is 5.65 Å². The fourth-order valence-corrected chi connectivity index (χ4v) is 2.66. The monoisotopic (exact) mass is 332 g/mol. The average Bonchev–Trinajstić information content (AvgIpc) is 2.98. The molecule has 4 rings (SSSR count). The molecule has 0 amide bonds. The van der Waals surface area contributed by atoms with Gasteiger partial charge in [0.25, 0.3) is 5.95 Å². The molecule has 4 aromatic rings. The van der Waals surface area contributed by atoms with Crippen molar-refractivity contribution >= 4 is 34.2 Å². The standard InChI is InChI=1S/C18H16N6O/c1-2-11-6-7-15-14(9-11)16-17(20-15)21-18(24-22-16)23-19-10-12-4-3-5-13(25)8-12/h3-10,25H,2H2,1H3,(H2,20,21,23,24)/b19-10+. The van der Waals surface area contributed by atoms with Gasteiger partial charge in [0.1, 0.15) is 11.3 Å². The molecule has 0 radical (unpaired) electrons. The minimum absolute atomic E-state index is 0.188. The van der Waals surface area contributed by atoms with Gasteiger partial charge in [-0.05, 0) is 41.8 Å². The van der Waals surface area contributed by atoms with Crippen molar-refractivity contribution in [2.24, 2.45) is 5.10 Å². The first-order valence-electron chi connectivity index (χ1n) is 7.96. The molecule has 0 bridgehead atoms. The fourth-order valence-electron chi connectivity index (χ4n) is 2.66. The molecule has 2 heterocycles. The Kier molecular flexibility index (Phi) is 3.74. The molecular weight excluding hydrogens is 316 g/mol. The lowest BCUT2D eigenvalue weighted by Gasteiger charge is -1.98. The third kappa shape index (κ3) is 2.99. The molecule has 3 N–H and O–H groups in total. The Morgan fingerprint density at radius 1 is 1.20 bits per heavy atom. The maximum atomic E-state index is 9.43. The number of anilines is 1. The van der Waals surface area contributed by atoms with Gasteiger partial charge < -0.3 is 10.1 Å². The van der Waals surface area contributed by atoms with Crippen LogP contribution in [-0.2, 0) is 6.42 Å². The van der Waals surface area contributed by atoms with Gasteiger partial charge in [-0.25, -0.2) is 5.43 Å². The molecule has 0 saturated heterocycles. The van der Waals surface area contributed by atoms with Crippen molar-refractivity contribution in [2.75, 3.05) is 5.43 Å². The average molecular weight is 332 g/mol. The molecule has 25 heavy (non-hydrogen) atoms. The number of aromatic amines is 1. The number of fused-ring (bicyclic) bond motifs is 3. The number of aryl methyl sites for hydroxylation is 1. The number of aromatic nitrogens is 4. The van der Waals surface area contributed by atoms with Crippen LogP contribution in [0.5, 0.6) is 5.75 Å². The smallest absolute Gasteiger partial charge is 0.265 e. The van der Waals surface area contributed by atoms with Crippen LogP contribution < -0.4 is 5.43 Å². The van der Waals surface area contributed by atoms with Crippen LogP contribution in [0.25, 0.3) is 22.1 Å². The Labute approximate surface area is 143 Å². The van der Waals surface area contributed by atoms with Gasteiger partial charge in [-0.3, -0.25) is 0 Å². The number of nitrogens with zero attached hydrogens (tertiary/aromatic N) is 4. The van der Waals surface area contributed by atoms with Crippen LogP contribution >= 0.6 is 0 Å². The normalized spacial score (nSPS) is 11.6. The van der Waals surface area contributed by atoms with Crippen molar-refractivity contribution in [1.82, 2.24) is 20.2 Å². The van der Waals surface area contributed by atoms with Crippen molar-refractivity contribution < 1.29 is 5.11 Å². The van der Waals surface area contributed by atoms with Crippen LogP contribution in [0.1, 0.15) is 18.1 Å². The topological polar surface area (TPSA) is 99.1 Å². The second-order valence-electron chi connectivity index (χ2n) is 5.66. The highest BCUT2D eigenvalue weighted by Crippen LogP contribution is 2.23. The summed E-state index contributed by atoms with van der Waals surface area (Å²) in [5, 5.41) is 22.9. The van der Waals surface area contributed by atoms with Crippen molar-refractivity contribution in [3.63, 3.8) is 0 Å². The number of hydrogen-bond acceptors (Lipinski definition) is 6. The molecule has 0 saturated carbocycles. The Bertz CT molecular complexity index is 1090. The molecule has 0 atom stereocenters. The number of benzene rings is 2. The third-order valence-corrected chi connectivity index (χ3v) is 3.94. The lowest BCUT2D eigenvalue weighted by Crippen LogP contribution is -1.98. The summed E-state index contributed by atoms with van der Waals surface area (Å²) in [6.07, 6.45) is 2.54. The summed E-state index contributed by atoms with van der Waals surface area (Å²) in [5.41, 5.74) is 7.15. The van der Waals surface area contributed by atoms with E-state index >= 15 is 0 Å². The molecule has 0 aliphatic heterocycles. The lowest BCUT2D eigenvalue weighted by atomic mass is 10.1. The van der Waals surface area contributed by atoms with Crippen molar-refractivity contribution in [3.8, 4) is 5.75 Å². The first-order valence-corrected chi connectivity index (χ1v) is 7.96. The first kappa shape index (κ1) is 15.1. The Morgan fingerprint density at radius 3 is 2.96 bits per heavy atom. The molecule has 124 valence electrons. The highest BCUT2D eigenvalue weighted by atomic mass is 16.3. The van der Waals surface area contributed by atoms with Crippen molar-refractivity contribution in [2.45, 2.75) is 13.3 Å². The van der Waals surface area contributed by atoms with E-state index in [2.05, 4.69) is 49.7 Å². The van der Waals surface area contributed by atoms with Crippen LogP contribution in [0.15, 0.2) is 47.6 Å². The van der Waals surface area contributed by atoms with E-state index in [1.807, 2.05) is 12.1 Å². The minimum Gasteiger partial charge on any atom is -0.508 e. The van der Waals surface area contributed by atoms with E-state index in [1.165, 1.54) is 5.56 Å². The van der Waals surface area contributed by atoms with Gasteiger partial charge in [-0.2, -0.15) is 10.1 Å². The van der Waals surface area contributed by atoms with Gasteiger partial charge in [-0.1, -0.05) is 25.1 Å². The van der Waals surface area contributed by atoms with Gasteiger partial charge in [0.2, 0.25) is 0 Å². The summed E-state index contributed by atoms with van der Waals surface area (Å²) < 4.78 is 0. The number of nitrogens with one attached hydrogen (secondary N) is 2. The summed E-state index contributed by atoms with van der Waals surface area (Å²) in [6, 6.07) is 13.0. The molecule has 7 heteroatoms. The number of phenolic OH excluding ortho intramolecular Hbond substituents is 1. The fraction of sp³-hybridized carbons (Fsp3) is 0.111. The Morgan fingerprint density at radius 2 is 2.12 bits per heavy atom. The number of H-pyrrole nitrogens is 1. The molecule has 0 fully saturated rings. The largest absolute Gasteiger partial charge is 0.508 e.